The van der Waals surface area contributed by atoms with Crippen molar-refractivity contribution in [2.24, 2.45) is 0 Å². The van der Waals surface area contributed by atoms with Crippen molar-refractivity contribution in [1.29, 1.82) is 5.26 Å². The van der Waals surface area contributed by atoms with Gasteiger partial charge in [0.25, 0.3) is 0 Å². The number of hydrogen-bond acceptors (Lipinski definition) is 1. The van der Waals surface area contributed by atoms with E-state index in [-0.39, 0.29) is 0 Å². The van der Waals surface area contributed by atoms with Gasteiger partial charge in [-0.05, 0) is 61.3 Å². The molecule has 2 unspecified atom stereocenters. The van der Waals surface area contributed by atoms with Gasteiger partial charge in [-0.15, -0.1) is 0 Å². The molecule has 1 aliphatic rings. The number of hydrogen-bond donors (Lipinski definition) is 0. The monoisotopic (exact) mass is 289 g/mol. The lowest BCUT2D eigenvalue weighted by Gasteiger charge is -2.32. The second-order valence-electron chi connectivity index (χ2n) is 6.59. The molecule has 2 atom stereocenters. The van der Waals surface area contributed by atoms with Crippen molar-refractivity contribution in [2.75, 3.05) is 0 Å². The van der Waals surface area contributed by atoms with Crippen LogP contribution in [0, 0.1) is 25.2 Å². The van der Waals surface area contributed by atoms with Crippen LogP contribution < -0.4 is 0 Å². The Kier molecular flexibility index (Phi) is 4.29. The van der Waals surface area contributed by atoms with Crippen LogP contribution in [0.25, 0.3) is 0 Å². The fraction of sp³-hybridized carbons (Fsp3) is 0.381. The molecular weight excluding hydrogens is 266 g/mol. The van der Waals surface area contributed by atoms with E-state index in [4.69, 9.17) is 5.26 Å². The number of aryl methyl sites for hydroxylation is 2. The van der Waals surface area contributed by atoms with Crippen LogP contribution in [0.3, 0.4) is 0 Å². The molecular formula is C21H23N. The minimum atomic E-state index is 0.586. The third-order valence-corrected chi connectivity index (χ3v) is 5.07. The van der Waals surface area contributed by atoms with Gasteiger partial charge in [0, 0.05) is 0 Å². The van der Waals surface area contributed by atoms with E-state index in [1.165, 1.54) is 42.4 Å². The normalized spacial score (nSPS) is 21.3. The van der Waals surface area contributed by atoms with E-state index < -0.39 is 0 Å². The summed E-state index contributed by atoms with van der Waals surface area (Å²) in [7, 11) is 0. The maximum absolute atomic E-state index is 9.13. The molecule has 0 aliphatic heterocycles. The Morgan fingerprint density at radius 2 is 1.45 bits per heavy atom. The van der Waals surface area contributed by atoms with Crippen molar-refractivity contribution in [3.05, 3.63) is 70.3 Å². The first-order chi connectivity index (χ1) is 10.7. The van der Waals surface area contributed by atoms with Crippen LogP contribution in [-0.2, 0) is 0 Å². The van der Waals surface area contributed by atoms with Crippen LogP contribution in [0.15, 0.2) is 42.5 Å². The summed E-state index contributed by atoms with van der Waals surface area (Å²) in [6.07, 6.45) is 5.16. The zero-order valence-corrected chi connectivity index (χ0v) is 13.5. The Labute approximate surface area is 133 Å². The molecule has 1 nitrogen and oxygen atoms in total. The minimum absolute atomic E-state index is 0.586. The Morgan fingerprint density at radius 1 is 0.864 bits per heavy atom. The molecule has 1 aliphatic carbocycles. The van der Waals surface area contributed by atoms with E-state index in [9.17, 15) is 0 Å². The van der Waals surface area contributed by atoms with Gasteiger partial charge in [-0.1, -0.05) is 54.8 Å². The summed E-state index contributed by atoms with van der Waals surface area (Å²) < 4.78 is 0. The highest BCUT2D eigenvalue weighted by Crippen LogP contribution is 2.44. The standard InChI is InChI=1S/C21H23N/c1-15-7-9-17(10-8-15)20-5-3-4-6-21(20)18-11-12-19(14-22)16(2)13-18/h7-13,20-21H,3-6H2,1-2H3. The molecule has 1 saturated carbocycles. The minimum Gasteiger partial charge on any atom is -0.192 e. The summed E-state index contributed by atoms with van der Waals surface area (Å²) in [5.41, 5.74) is 6.10. The van der Waals surface area contributed by atoms with E-state index in [2.05, 4.69) is 49.4 Å². The van der Waals surface area contributed by atoms with Gasteiger partial charge in [0.15, 0.2) is 0 Å². The lowest BCUT2D eigenvalue weighted by atomic mass is 9.72. The molecule has 0 aromatic heterocycles. The molecule has 0 amide bonds. The summed E-state index contributed by atoms with van der Waals surface area (Å²) in [6, 6.07) is 17.7. The highest BCUT2D eigenvalue weighted by atomic mass is 14.3. The second-order valence-corrected chi connectivity index (χ2v) is 6.59. The van der Waals surface area contributed by atoms with Crippen LogP contribution in [-0.4, -0.2) is 0 Å². The van der Waals surface area contributed by atoms with E-state index in [1.54, 1.807) is 0 Å². The number of nitriles is 1. The molecule has 0 radical (unpaired) electrons. The number of nitrogens with zero attached hydrogens (tertiary/aromatic N) is 1. The van der Waals surface area contributed by atoms with Gasteiger partial charge in [0.05, 0.1) is 11.6 Å². The lowest BCUT2D eigenvalue weighted by molar-refractivity contribution is 0.386. The Balaban J connectivity index is 1.94. The third kappa shape index (κ3) is 2.92. The molecule has 0 bridgehead atoms. The van der Waals surface area contributed by atoms with Gasteiger partial charge >= 0.3 is 0 Å². The van der Waals surface area contributed by atoms with Gasteiger partial charge in [0.1, 0.15) is 0 Å². The van der Waals surface area contributed by atoms with Crippen molar-refractivity contribution < 1.29 is 0 Å². The van der Waals surface area contributed by atoms with E-state index >= 15 is 0 Å². The molecule has 0 saturated heterocycles. The van der Waals surface area contributed by atoms with Crippen LogP contribution in [0.5, 0.6) is 0 Å². The maximum Gasteiger partial charge on any atom is 0.0994 e. The first-order valence-corrected chi connectivity index (χ1v) is 8.26. The van der Waals surface area contributed by atoms with Gasteiger partial charge < -0.3 is 0 Å². The molecule has 2 aromatic rings. The summed E-state index contributed by atoms with van der Waals surface area (Å²) in [5.74, 6) is 1.20. The molecule has 112 valence electrons. The summed E-state index contributed by atoms with van der Waals surface area (Å²) in [5, 5.41) is 9.13. The van der Waals surface area contributed by atoms with Crippen LogP contribution in [0.4, 0.5) is 0 Å². The zero-order chi connectivity index (χ0) is 15.5. The first-order valence-electron chi connectivity index (χ1n) is 8.26. The van der Waals surface area contributed by atoms with Gasteiger partial charge in [-0.3, -0.25) is 0 Å². The molecule has 0 N–H and O–H groups in total. The third-order valence-electron chi connectivity index (χ3n) is 5.07. The Morgan fingerprint density at radius 3 is 2.05 bits per heavy atom. The van der Waals surface area contributed by atoms with E-state index in [0.717, 1.165) is 11.1 Å². The quantitative estimate of drug-likeness (QED) is 0.704. The predicted molar refractivity (Wildman–Crippen MR) is 91.0 cm³/mol. The molecule has 22 heavy (non-hydrogen) atoms. The molecule has 2 aromatic carbocycles. The fourth-order valence-electron chi connectivity index (χ4n) is 3.79. The van der Waals surface area contributed by atoms with E-state index in [1.807, 2.05) is 13.0 Å². The first kappa shape index (κ1) is 14.9. The van der Waals surface area contributed by atoms with Crippen molar-refractivity contribution in [1.82, 2.24) is 0 Å². The lowest BCUT2D eigenvalue weighted by Crippen LogP contribution is -2.16. The fourth-order valence-corrected chi connectivity index (χ4v) is 3.79. The molecule has 0 spiro atoms. The molecule has 0 heterocycles. The Bertz CT molecular complexity index is 691. The predicted octanol–water partition coefficient (Wildman–Crippen LogP) is 5.62. The highest BCUT2D eigenvalue weighted by molar-refractivity contribution is 5.41. The summed E-state index contributed by atoms with van der Waals surface area (Å²) >= 11 is 0. The second kappa shape index (κ2) is 6.36. The van der Waals surface area contributed by atoms with Crippen molar-refractivity contribution >= 4 is 0 Å². The van der Waals surface area contributed by atoms with Crippen LogP contribution in [0.2, 0.25) is 0 Å². The average molecular weight is 289 g/mol. The van der Waals surface area contributed by atoms with E-state index in [0.29, 0.717) is 11.8 Å². The largest absolute Gasteiger partial charge is 0.192 e. The smallest absolute Gasteiger partial charge is 0.0994 e. The molecule has 3 rings (SSSR count). The van der Waals surface area contributed by atoms with Gasteiger partial charge in [-0.25, -0.2) is 0 Å². The van der Waals surface area contributed by atoms with Gasteiger partial charge in [-0.2, -0.15) is 5.26 Å². The summed E-state index contributed by atoms with van der Waals surface area (Å²) in [6.45, 7) is 4.19. The van der Waals surface area contributed by atoms with Crippen LogP contribution in [0.1, 0.15) is 65.3 Å². The Hall–Kier alpha value is -2.07. The number of benzene rings is 2. The topological polar surface area (TPSA) is 23.8 Å². The number of rotatable bonds is 2. The van der Waals surface area contributed by atoms with Crippen molar-refractivity contribution in [2.45, 2.75) is 51.4 Å². The van der Waals surface area contributed by atoms with Crippen LogP contribution >= 0.6 is 0 Å². The highest BCUT2D eigenvalue weighted by Gasteiger charge is 2.27. The SMILES string of the molecule is Cc1ccc(C2CCCCC2c2ccc(C#N)c(C)c2)cc1. The molecule has 1 heteroatoms. The maximum atomic E-state index is 9.13. The van der Waals surface area contributed by atoms with Crippen molar-refractivity contribution in [3.63, 3.8) is 0 Å². The van der Waals surface area contributed by atoms with Crippen molar-refractivity contribution in [3.8, 4) is 6.07 Å². The summed E-state index contributed by atoms with van der Waals surface area (Å²) in [4.78, 5) is 0. The van der Waals surface area contributed by atoms with Gasteiger partial charge in [0.2, 0.25) is 0 Å². The molecule has 1 fully saturated rings. The average Bonchev–Trinajstić information content (AvgIpc) is 2.55. The zero-order valence-electron chi connectivity index (χ0n) is 13.5.